The minimum absolute atomic E-state index is 0.0790. The number of hydrogen-bond donors (Lipinski definition) is 1. The zero-order valence-electron chi connectivity index (χ0n) is 12.3. The van der Waals surface area contributed by atoms with Crippen LogP contribution in [0.4, 0.5) is 0 Å². The van der Waals surface area contributed by atoms with Crippen molar-refractivity contribution in [1.82, 2.24) is 9.88 Å². The minimum Gasteiger partial charge on any atom is -0.493 e. The van der Waals surface area contributed by atoms with Crippen LogP contribution < -0.4 is 15.2 Å². The number of hydrogen-bond acceptors (Lipinski definition) is 6. The molecule has 1 aromatic heterocycles. The molecule has 2 N–H and O–H groups in total. The summed E-state index contributed by atoms with van der Waals surface area (Å²) >= 11 is 0. The second-order valence-electron chi connectivity index (χ2n) is 4.99. The van der Waals surface area contributed by atoms with E-state index in [1.807, 2.05) is 0 Å². The maximum atomic E-state index is 5.76. The molecular formula is C14H23N3O3. The third kappa shape index (κ3) is 3.39. The summed E-state index contributed by atoms with van der Waals surface area (Å²) in [5.74, 6) is 1.40. The number of nitrogens with zero attached hydrogens (tertiary/aromatic N) is 2. The van der Waals surface area contributed by atoms with E-state index in [9.17, 15) is 0 Å². The van der Waals surface area contributed by atoms with Crippen molar-refractivity contribution < 1.29 is 14.2 Å². The van der Waals surface area contributed by atoms with E-state index >= 15 is 0 Å². The molecule has 0 aromatic carbocycles. The Morgan fingerprint density at radius 3 is 2.85 bits per heavy atom. The fourth-order valence-corrected chi connectivity index (χ4v) is 2.57. The van der Waals surface area contributed by atoms with Gasteiger partial charge in [0, 0.05) is 38.4 Å². The lowest BCUT2D eigenvalue weighted by Gasteiger charge is -2.36. The van der Waals surface area contributed by atoms with Crippen molar-refractivity contribution in [3.63, 3.8) is 0 Å². The smallest absolute Gasteiger partial charge is 0.183 e. The third-order valence-corrected chi connectivity index (χ3v) is 3.40. The fourth-order valence-electron chi connectivity index (χ4n) is 2.57. The van der Waals surface area contributed by atoms with Crippen molar-refractivity contribution >= 4 is 0 Å². The van der Waals surface area contributed by atoms with Gasteiger partial charge in [-0.15, -0.1) is 0 Å². The number of ether oxygens (including phenoxy) is 3. The molecule has 2 unspecified atom stereocenters. The molecule has 1 aromatic rings. The first kappa shape index (κ1) is 15.0. The quantitative estimate of drug-likeness (QED) is 0.854. The SMILES string of the molecule is COc1ccnc(CN2CC(C)OC(CN)C2)c1OC. The van der Waals surface area contributed by atoms with Gasteiger partial charge in [-0.2, -0.15) is 0 Å². The summed E-state index contributed by atoms with van der Waals surface area (Å²) in [5, 5.41) is 0. The molecule has 2 rings (SSSR count). The van der Waals surface area contributed by atoms with Crippen LogP contribution in [-0.4, -0.2) is 55.9 Å². The Kier molecular flexibility index (Phi) is 5.17. The first-order chi connectivity index (χ1) is 9.67. The number of rotatable bonds is 5. The zero-order chi connectivity index (χ0) is 14.5. The lowest BCUT2D eigenvalue weighted by atomic mass is 10.2. The largest absolute Gasteiger partial charge is 0.493 e. The zero-order valence-corrected chi connectivity index (χ0v) is 12.3. The van der Waals surface area contributed by atoms with Crippen LogP contribution in [0.3, 0.4) is 0 Å². The Labute approximate surface area is 119 Å². The van der Waals surface area contributed by atoms with Crippen molar-refractivity contribution in [2.45, 2.75) is 25.7 Å². The summed E-state index contributed by atoms with van der Waals surface area (Å²) in [6.07, 6.45) is 1.99. The van der Waals surface area contributed by atoms with Gasteiger partial charge < -0.3 is 19.9 Å². The van der Waals surface area contributed by atoms with E-state index < -0.39 is 0 Å². The van der Waals surface area contributed by atoms with E-state index in [4.69, 9.17) is 19.9 Å². The van der Waals surface area contributed by atoms with Crippen LogP contribution in [0.2, 0.25) is 0 Å². The van der Waals surface area contributed by atoms with Gasteiger partial charge in [0.2, 0.25) is 0 Å². The van der Waals surface area contributed by atoms with Crippen molar-refractivity contribution in [1.29, 1.82) is 0 Å². The summed E-state index contributed by atoms with van der Waals surface area (Å²) in [6, 6.07) is 1.80. The van der Waals surface area contributed by atoms with Gasteiger partial charge in [-0.25, -0.2) is 0 Å². The average Bonchev–Trinajstić information content (AvgIpc) is 2.46. The van der Waals surface area contributed by atoms with Crippen LogP contribution in [0.5, 0.6) is 11.5 Å². The molecule has 0 saturated carbocycles. The Balaban J connectivity index is 2.13. The van der Waals surface area contributed by atoms with Crippen LogP contribution in [-0.2, 0) is 11.3 Å². The van der Waals surface area contributed by atoms with Crippen LogP contribution in [0.25, 0.3) is 0 Å². The molecule has 0 bridgehead atoms. The van der Waals surface area contributed by atoms with E-state index in [0.717, 1.165) is 18.8 Å². The summed E-state index contributed by atoms with van der Waals surface area (Å²) in [4.78, 5) is 6.70. The van der Waals surface area contributed by atoms with E-state index in [-0.39, 0.29) is 12.2 Å². The molecule has 0 spiro atoms. The molecule has 0 radical (unpaired) electrons. The van der Waals surface area contributed by atoms with Gasteiger partial charge in [-0.1, -0.05) is 0 Å². The summed E-state index contributed by atoms with van der Waals surface area (Å²) in [5.41, 5.74) is 6.58. The van der Waals surface area contributed by atoms with Gasteiger partial charge in [-0.05, 0) is 6.92 Å². The molecule has 0 aliphatic carbocycles. The van der Waals surface area contributed by atoms with E-state index in [2.05, 4.69) is 16.8 Å². The predicted molar refractivity (Wildman–Crippen MR) is 76.0 cm³/mol. The highest BCUT2D eigenvalue weighted by Crippen LogP contribution is 2.30. The summed E-state index contributed by atoms with van der Waals surface area (Å²) < 4.78 is 16.5. The number of nitrogens with two attached hydrogens (primary N) is 1. The van der Waals surface area contributed by atoms with Gasteiger partial charge in [0.15, 0.2) is 11.5 Å². The maximum Gasteiger partial charge on any atom is 0.183 e. The number of methoxy groups -OCH3 is 2. The third-order valence-electron chi connectivity index (χ3n) is 3.40. The topological polar surface area (TPSA) is 69.8 Å². The molecule has 0 amide bonds. The van der Waals surface area contributed by atoms with Crippen molar-refractivity contribution in [2.75, 3.05) is 33.9 Å². The number of aromatic nitrogens is 1. The molecule has 1 aliphatic heterocycles. The molecule has 112 valence electrons. The van der Waals surface area contributed by atoms with Gasteiger partial charge in [-0.3, -0.25) is 9.88 Å². The molecule has 6 nitrogen and oxygen atoms in total. The van der Waals surface area contributed by atoms with E-state index in [1.54, 1.807) is 26.5 Å². The Hall–Kier alpha value is -1.37. The second-order valence-corrected chi connectivity index (χ2v) is 4.99. The molecule has 1 aliphatic rings. The normalized spacial score (nSPS) is 23.6. The molecule has 1 saturated heterocycles. The molecular weight excluding hydrogens is 258 g/mol. The maximum absolute atomic E-state index is 5.76. The van der Waals surface area contributed by atoms with Crippen molar-refractivity contribution in [2.24, 2.45) is 5.73 Å². The van der Waals surface area contributed by atoms with Gasteiger partial charge in [0.25, 0.3) is 0 Å². The van der Waals surface area contributed by atoms with Crippen LogP contribution in [0.15, 0.2) is 12.3 Å². The van der Waals surface area contributed by atoms with E-state index in [0.29, 0.717) is 24.6 Å². The molecule has 6 heteroatoms. The molecule has 2 atom stereocenters. The fraction of sp³-hybridized carbons (Fsp3) is 0.643. The molecule has 1 fully saturated rings. The number of pyridine rings is 1. The standard InChI is InChI=1S/C14H23N3O3/c1-10-7-17(8-11(6-15)20-10)9-12-14(19-3)13(18-2)4-5-16-12/h4-5,10-11H,6-9,15H2,1-3H3. The second kappa shape index (κ2) is 6.88. The van der Waals surface area contributed by atoms with Crippen molar-refractivity contribution in [3.05, 3.63) is 18.0 Å². The van der Waals surface area contributed by atoms with Gasteiger partial charge >= 0.3 is 0 Å². The average molecular weight is 281 g/mol. The summed E-state index contributed by atoms with van der Waals surface area (Å²) in [7, 11) is 3.26. The Morgan fingerprint density at radius 2 is 2.20 bits per heavy atom. The lowest BCUT2D eigenvalue weighted by Crippen LogP contribution is -2.48. The van der Waals surface area contributed by atoms with Gasteiger partial charge in [0.05, 0.1) is 26.4 Å². The minimum atomic E-state index is 0.0790. The monoisotopic (exact) mass is 281 g/mol. The van der Waals surface area contributed by atoms with Gasteiger partial charge in [0.1, 0.15) is 5.69 Å². The van der Waals surface area contributed by atoms with Crippen LogP contribution in [0, 0.1) is 0 Å². The highest BCUT2D eigenvalue weighted by Gasteiger charge is 2.25. The molecule has 20 heavy (non-hydrogen) atoms. The van der Waals surface area contributed by atoms with E-state index in [1.165, 1.54) is 0 Å². The predicted octanol–water partition coefficient (Wildman–Crippen LogP) is 0.647. The first-order valence-corrected chi connectivity index (χ1v) is 6.81. The molecule has 2 heterocycles. The Bertz CT molecular complexity index is 442. The van der Waals surface area contributed by atoms with Crippen LogP contribution in [0.1, 0.15) is 12.6 Å². The highest BCUT2D eigenvalue weighted by atomic mass is 16.5. The summed E-state index contributed by atoms with van der Waals surface area (Å²) in [6.45, 7) is 4.96. The van der Waals surface area contributed by atoms with Crippen LogP contribution >= 0.6 is 0 Å². The van der Waals surface area contributed by atoms with Crippen molar-refractivity contribution in [3.8, 4) is 11.5 Å². The lowest BCUT2D eigenvalue weighted by molar-refractivity contribution is -0.0749. The number of morpholine rings is 1. The first-order valence-electron chi connectivity index (χ1n) is 6.81. The Morgan fingerprint density at radius 1 is 1.40 bits per heavy atom. The highest BCUT2D eigenvalue weighted by molar-refractivity contribution is 5.42.